The molecule has 0 saturated heterocycles. The van der Waals surface area contributed by atoms with E-state index in [-0.39, 0.29) is 19.1 Å². The van der Waals surface area contributed by atoms with Crippen LogP contribution in [-0.2, 0) is 24.1 Å². The van der Waals surface area contributed by atoms with Gasteiger partial charge in [-0.2, -0.15) is 0 Å². The van der Waals surface area contributed by atoms with Crippen molar-refractivity contribution in [3.8, 4) is 11.5 Å². The van der Waals surface area contributed by atoms with Crippen LogP contribution >= 0.6 is 0 Å². The first-order valence-corrected chi connectivity index (χ1v) is 8.68. The minimum Gasteiger partial charge on any atom is -0.464 e. The van der Waals surface area contributed by atoms with E-state index in [1.54, 1.807) is 18.4 Å². The Labute approximate surface area is 149 Å². The van der Waals surface area contributed by atoms with Gasteiger partial charge in [-0.25, -0.2) is 0 Å². The maximum absolute atomic E-state index is 12.5. The number of aryl methyl sites for hydroxylation is 2. The van der Waals surface area contributed by atoms with Gasteiger partial charge in [0, 0.05) is 23.1 Å². The summed E-state index contributed by atoms with van der Waals surface area (Å²) in [6.45, 7) is 0.164. The van der Waals surface area contributed by atoms with Crippen LogP contribution in [0.25, 0.3) is 11.0 Å². The van der Waals surface area contributed by atoms with Crippen molar-refractivity contribution in [1.82, 2.24) is 0 Å². The van der Waals surface area contributed by atoms with Gasteiger partial charge in [-0.15, -0.1) is 0 Å². The molecule has 1 aliphatic heterocycles. The van der Waals surface area contributed by atoms with Crippen molar-refractivity contribution >= 4 is 28.3 Å². The molecule has 3 N–H and O–H groups in total. The molecule has 5 rings (SSSR count). The van der Waals surface area contributed by atoms with Crippen molar-refractivity contribution in [3.63, 3.8) is 0 Å². The highest BCUT2D eigenvalue weighted by atomic mass is 16.7. The van der Waals surface area contributed by atoms with Crippen molar-refractivity contribution in [3.05, 3.63) is 47.2 Å². The number of benzene rings is 2. The number of rotatable bonds is 3. The zero-order valence-electron chi connectivity index (χ0n) is 14.1. The van der Waals surface area contributed by atoms with Crippen LogP contribution in [0.3, 0.4) is 0 Å². The van der Waals surface area contributed by atoms with Gasteiger partial charge < -0.3 is 24.9 Å². The third-order valence-electron chi connectivity index (χ3n) is 5.04. The van der Waals surface area contributed by atoms with Gasteiger partial charge in [0.1, 0.15) is 5.58 Å². The minimum absolute atomic E-state index is 0.154. The fraction of sp³-hybridized carbons (Fsp3) is 0.250. The summed E-state index contributed by atoms with van der Waals surface area (Å²) in [5.74, 6) is 1.02. The van der Waals surface area contributed by atoms with E-state index in [0.717, 1.165) is 29.4 Å². The van der Waals surface area contributed by atoms with E-state index in [9.17, 15) is 4.79 Å². The molecule has 2 heterocycles. The number of fused-ring (bicyclic) bond motifs is 3. The first-order chi connectivity index (χ1) is 12.7. The highest BCUT2D eigenvalue weighted by Crippen LogP contribution is 2.38. The quantitative estimate of drug-likeness (QED) is 0.707. The van der Waals surface area contributed by atoms with Crippen molar-refractivity contribution in [1.29, 1.82) is 0 Å². The summed E-state index contributed by atoms with van der Waals surface area (Å²) in [6, 6.07) is 7.62. The van der Waals surface area contributed by atoms with Crippen LogP contribution < -0.4 is 20.5 Å². The summed E-state index contributed by atoms with van der Waals surface area (Å²) < 4.78 is 16.3. The van der Waals surface area contributed by atoms with Crippen molar-refractivity contribution in [2.75, 3.05) is 17.8 Å². The van der Waals surface area contributed by atoms with Crippen LogP contribution in [0.4, 0.5) is 11.4 Å². The van der Waals surface area contributed by atoms with Crippen molar-refractivity contribution in [2.24, 2.45) is 0 Å². The van der Waals surface area contributed by atoms with Crippen LogP contribution in [0.1, 0.15) is 23.1 Å². The van der Waals surface area contributed by atoms with Crippen molar-refractivity contribution in [2.45, 2.75) is 25.7 Å². The summed E-state index contributed by atoms with van der Waals surface area (Å²) in [7, 11) is 0. The number of nitrogens with one attached hydrogen (secondary N) is 1. The van der Waals surface area contributed by atoms with Crippen LogP contribution in [-0.4, -0.2) is 12.7 Å². The molecule has 1 amide bonds. The monoisotopic (exact) mass is 350 g/mol. The lowest BCUT2D eigenvalue weighted by atomic mass is 10.0. The molecule has 0 bridgehead atoms. The second kappa shape index (κ2) is 5.69. The SMILES string of the molecule is Nc1cc2c(cc1NC(=O)Cc1coc3cc4c(cc13)CCC4)OCO2. The number of hydrogen-bond donors (Lipinski definition) is 2. The van der Waals surface area contributed by atoms with Gasteiger partial charge in [0.2, 0.25) is 12.7 Å². The largest absolute Gasteiger partial charge is 0.464 e. The average molecular weight is 350 g/mol. The van der Waals surface area contributed by atoms with Gasteiger partial charge in [-0.1, -0.05) is 0 Å². The molecule has 0 saturated carbocycles. The Kier molecular flexibility index (Phi) is 3.31. The van der Waals surface area contributed by atoms with E-state index in [0.29, 0.717) is 22.9 Å². The minimum atomic E-state index is -0.154. The lowest BCUT2D eigenvalue weighted by Crippen LogP contribution is -2.15. The lowest BCUT2D eigenvalue weighted by molar-refractivity contribution is -0.115. The van der Waals surface area contributed by atoms with E-state index in [2.05, 4.69) is 17.4 Å². The maximum atomic E-state index is 12.5. The van der Waals surface area contributed by atoms with E-state index in [1.807, 2.05) is 0 Å². The third kappa shape index (κ3) is 2.45. The van der Waals surface area contributed by atoms with E-state index >= 15 is 0 Å². The Morgan fingerprint density at radius 2 is 1.85 bits per heavy atom. The number of furan rings is 1. The second-order valence-electron chi connectivity index (χ2n) is 6.75. The Morgan fingerprint density at radius 1 is 1.08 bits per heavy atom. The number of nitrogens with two attached hydrogens (primary N) is 1. The molecule has 2 aliphatic rings. The molecule has 26 heavy (non-hydrogen) atoms. The molecule has 0 atom stereocenters. The molecule has 0 fully saturated rings. The fourth-order valence-corrected chi connectivity index (χ4v) is 3.72. The molecule has 2 aromatic carbocycles. The highest BCUT2D eigenvalue weighted by Gasteiger charge is 2.19. The van der Waals surface area contributed by atoms with E-state index < -0.39 is 0 Å². The molecule has 132 valence electrons. The highest BCUT2D eigenvalue weighted by molar-refractivity contribution is 5.98. The number of amides is 1. The summed E-state index contributed by atoms with van der Waals surface area (Å²) >= 11 is 0. The lowest BCUT2D eigenvalue weighted by Gasteiger charge is -2.09. The first kappa shape index (κ1) is 15.1. The number of hydrogen-bond acceptors (Lipinski definition) is 5. The van der Waals surface area contributed by atoms with Gasteiger partial charge >= 0.3 is 0 Å². The summed E-state index contributed by atoms with van der Waals surface area (Å²) in [5.41, 5.74) is 11.4. The molecule has 6 nitrogen and oxygen atoms in total. The molecule has 3 aromatic rings. The van der Waals surface area contributed by atoms with E-state index in [1.165, 1.54) is 17.5 Å². The molecule has 0 radical (unpaired) electrons. The Morgan fingerprint density at radius 3 is 2.69 bits per heavy atom. The average Bonchev–Trinajstić information content (AvgIpc) is 3.33. The predicted octanol–water partition coefficient (Wildman–Crippen LogP) is 3.41. The van der Waals surface area contributed by atoms with Crippen LogP contribution in [0, 0.1) is 0 Å². The number of ether oxygens (including phenoxy) is 2. The van der Waals surface area contributed by atoms with Gasteiger partial charge in [0.15, 0.2) is 11.5 Å². The Hall–Kier alpha value is -3.15. The second-order valence-corrected chi connectivity index (χ2v) is 6.75. The normalized spacial score (nSPS) is 14.6. The van der Waals surface area contributed by atoms with Gasteiger partial charge in [-0.3, -0.25) is 4.79 Å². The van der Waals surface area contributed by atoms with Gasteiger partial charge in [0.25, 0.3) is 0 Å². The van der Waals surface area contributed by atoms with Crippen molar-refractivity contribution < 1.29 is 18.7 Å². The number of carbonyl (C=O) groups is 1. The summed E-state index contributed by atoms with van der Waals surface area (Å²) in [6.07, 6.45) is 5.27. The molecule has 0 spiro atoms. The third-order valence-corrected chi connectivity index (χ3v) is 5.04. The number of nitrogen functional groups attached to an aromatic ring is 1. The smallest absolute Gasteiger partial charge is 0.231 e. The number of anilines is 2. The van der Waals surface area contributed by atoms with Crippen LogP contribution in [0.2, 0.25) is 0 Å². The molecular weight excluding hydrogens is 332 g/mol. The van der Waals surface area contributed by atoms with E-state index in [4.69, 9.17) is 19.6 Å². The standard InChI is InChI=1S/C20H18N2O4/c21-15-7-18-19(26-10-25-18)8-16(15)22-20(23)6-13-9-24-17-5-12-3-1-2-11(12)4-14(13)17/h4-5,7-9H,1-3,6,10,21H2,(H,22,23). The van der Waals surface area contributed by atoms with Gasteiger partial charge in [-0.05, 0) is 42.5 Å². The topological polar surface area (TPSA) is 86.7 Å². The summed E-state index contributed by atoms with van der Waals surface area (Å²) in [4.78, 5) is 12.5. The Balaban J connectivity index is 1.38. The molecule has 1 aliphatic carbocycles. The molecular formula is C20H18N2O4. The zero-order valence-corrected chi connectivity index (χ0v) is 14.1. The predicted molar refractivity (Wildman–Crippen MR) is 97.6 cm³/mol. The first-order valence-electron chi connectivity index (χ1n) is 8.68. The molecule has 1 aromatic heterocycles. The fourth-order valence-electron chi connectivity index (χ4n) is 3.72. The van der Waals surface area contributed by atoms with Gasteiger partial charge in [0.05, 0.1) is 24.1 Å². The maximum Gasteiger partial charge on any atom is 0.231 e. The zero-order chi connectivity index (χ0) is 17.7. The molecule has 6 heteroatoms. The molecule has 0 unspecified atom stereocenters. The van der Waals surface area contributed by atoms with Crippen LogP contribution in [0.15, 0.2) is 34.9 Å². The number of carbonyl (C=O) groups excluding carboxylic acids is 1. The Bertz CT molecular complexity index is 1040. The van der Waals surface area contributed by atoms with Crippen LogP contribution in [0.5, 0.6) is 11.5 Å². The summed E-state index contributed by atoms with van der Waals surface area (Å²) in [5, 5.41) is 3.87.